The quantitative estimate of drug-likeness (QED) is 0.418. The third kappa shape index (κ3) is 6.78. The number of nitrogens with one attached hydrogen (secondary N) is 2. The number of unbranched alkanes of at least 4 members (excludes halogenated alkanes) is 1. The van der Waals surface area contributed by atoms with E-state index in [1.54, 1.807) is 7.11 Å². The zero-order chi connectivity index (χ0) is 25.2. The van der Waals surface area contributed by atoms with Crippen molar-refractivity contribution in [3.8, 4) is 11.5 Å². The predicted octanol–water partition coefficient (Wildman–Crippen LogP) is 4.66. The van der Waals surface area contributed by atoms with Crippen molar-refractivity contribution in [1.82, 2.24) is 15.5 Å². The molecular weight excluding hydrogens is 454 g/mol. The zero-order valence-corrected chi connectivity index (χ0v) is 21.5. The summed E-state index contributed by atoms with van der Waals surface area (Å²) in [6.45, 7) is 3.72. The van der Waals surface area contributed by atoms with Gasteiger partial charge in [0, 0.05) is 50.9 Å². The number of para-hydroxylation sites is 2. The molecule has 4 rings (SSSR count). The van der Waals surface area contributed by atoms with Crippen molar-refractivity contribution < 1.29 is 19.4 Å². The van der Waals surface area contributed by atoms with Crippen molar-refractivity contribution in [3.63, 3.8) is 0 Å². The van der Waals surface area contributed by atoms with Gasteiger partial charge in [-0.1, -0.05) is 36.4 Å². The number of aliphatic hydroxyl groups is 1. The summed E-state index contributed by atoms with van der Waals surface area (Å²) < 4.78 is 11.5. The maximum absolute atomic E-state index is 13.1. The molecule has 1 unspecified atom stereocenters. The summed E-state index contributed by atoms with van der Waals surface area (Å²) in [5.74, 6) is 1.30. The summed E-state index contributed by atoms with van der Waals surface area (Å²) in [5.41, 5.74) is -0.334. The van der Waals surface area contributed by atoms with Crippen LogP contribution in [0.2, 0.25) is 0 Å². The summed E-state index contributed by atoms with van der Waals surface area (Å²) in [5, 5.41) is 19.0. The Kier molecular flexibility index (Phi) is 9.61. The Morgan fingerprint density at radius 2 is 1.92 bits per heavy atom. The van der Waals surface area contributed by atoms with Gasteiger partial charge in [-0.2, -0.15) is 0 Å². The molecule has 0 radical (unpaired) electrons. The fourth-order valence-corrected chi connectivity index (χ4v) is 5.52. The van der Waals surface area contributed by atoms with Crippen molar-refractivity contribution in [1.29, 1.82) is 0 Å². The molecule has 3 atom stereocenters. The van der Waals surface area contributed by atoms with Crippen LogP contribution in [0, 0.1) is 5.92 Å². The molecule has 3 N–H and O–H groups in total. The molecule has 2 heterocycles. The first-order chi connectivity index (χ1) is 17.6. The molecule has 7 nitrogen and oxygen atoms in total. The smallest absolute Gasteiger partial charge is 0.317 e. The van der Waals surface area contributed by atoms with E-state index in [1.165, 1.54) is 0 Å². The Bertz CT molecular complexity index is 951. The lowest BCUT2D eigenvalue weighted by Gasteiger charge is -2.43. The van der Waals surface area contributed by atoms with Crippen LogP contribution in [0.5, 0.6) is 11.5 Å². The largest absolute Gasteiger partial charge is 0.457 e. The first kappa shape index (κ1) is 26.5. The van der Waals surface area contributed by atoms with Gasteiger partial charge in [0.1, 0.15) is 11.5 Å². The number of rotatable bonds is 10. The van der Waals surface area contributed by atoms with Gasteiger partial charge in [0.25, 0.3) is 0 Å². The van der Waals surface area contributed by atoms with Crippen LogP contribution in [0.1, 0.15) is 50.5 Å². The minimum absolute atomic E-state index is 0.0241. The van der Waals surface area contributed by atoms with Gasteiger partial charge in [0.2, 0.25) is 0 Å². The number of nitrogens with zero attached hydrogens (tertiary/aromatic N) is 1. The van der Waals surface area contributed by atoms with Gasteiger partial charge >= 0.3 is 6.03 Å². The molecular formula is C29H41N3O4. The minimum atomic E-state index is -1.12. The zero-order valence-electron chi connectivity index (χ0n) is 21.5. The molecule has 2 aromatic rings. The number of amides is 2. The number of urea groups is 1. The van der Waals surface area contributed by atoms with Crippen molar-refractivity contribution in [2.75, 3.05) is 39.9 Å². The van der Waals surface area contributed by atoms with E-state index < -0.39 is 5.60 Å². The number of benzene rings is 2. The van der Waals surface area contributed by atoms with E-state index in [2.05, 4.69) is 10.6 Å². The van der Waals surface area contributed by atoms with Crippen molar-refractivity contribution >= 4 is 6.03 Å². The molecule has 2 saturated heterocycles. The molecule has 0 saturated carbocycles. The van der Waals surface area contributed by atoms with Crippen molar-refractivity contribution in [2.45, 2.75) is 56.6 Å². The number of hydrogen-bond donors (Lipinski definition) is 3. The molecule has 196 valence electrons. The molecule has 0 bridgehead atoms. The molecule has 2 aliphatic heterocycles. The topological polar surface area (TPSA) is 83.1 Å². The molecule has 0 aliphatic carbocycles. The summed E-state index contributed by atoms with van der Waals surface area (Å²) in [4.78, 5) is 15.0. The number of methoxy groups -OCH3 is 1. The lowest BCUT2D eigenvalue weighted by molar-refractivity contribution is -0.0575. The van der Waals surface area contributed by atoms with Crippen molar-refractivity contribution in [3.05, 3.63) is 60.2 Å². The van der Waals surface area contributed by atoms with Gasteiger partial charge in [-0.25, -0.2) is 4.79 Å². The van der Waals surface area contributed by atoms with E-state index >= 15 is 0 Å². The number of carbonyl (C=O) groups is 1. The summed E-state index contributed by atoms with van der Waals surface area (Å²) in [6, 6.07) is 17.6. The van der Waals surface area contributed by atoms with E-state index in [1.807, 2.05) is 59.5 Å². The second-order valence-electron chi connectivity index (χ2n) is 10.1. The first-order valence-corrected chi connectivity index (χ1v) is 13.4. The van der Waals surface area contributed by atoms with Gasteiger partial charge in [0.05, 0.1) is 5.60 Å². The highest BCUT2D eigenvalue weighted by Gasteiger charge is 2.43. The first-order valence-electron chi connectivity index (χ1n) is 13.4. The summed E-state index contributed by atoms with van der Waals surface area (Å²) >= 11 is 0. The molecule has 2 aromatic carbocycles. The standard InChI is InChI=1S/C29H41N3O4/c1-35-20-8-7-17-29(34,26-15-5-6-16-27(26)36-25-13-3-2-4-14-25)23-11-10-19-32(22-23)28(33)31-24-12-9-18-30-21-24/h2-6,13-16,23-24,30,34H,7-12,17-22H2,1H3,(H,31,33)/t23-,24?,29+/m1/s1. The normalized spacial score (nSPS) is 22.0. The molecule has 7 heteroatoms. The molecule has 0 spiro atoms. The lowest BCUT2D eigenvalue weighted by Crippen LogP contribution is -2.54. The maximum Gasteiger partial charge on any atom is 0.317 e. The van der Waals surface area contributed by atoms with Crippen LogP contribution in [-0.4, -0.2) is 62.0 Å². The van der Waals surface area contributed by atoms with Gasteiger partial charge < -0.3 is 30.1 Å². The minimum Gasteiger partial charge on any atom is -0.457 e. The van der Waals surface area contributed by atoms with Crippen LogP contribution in [0.25, 0.3) is 0 Å². The molecule has 36 heavy (non-hydrogen) atoms. The predicted molar refractivity (Wildman–Crippen MR) is 141 cm³/mol. The van der Waals surface area contributed by atoms with Crippen LogP contribution in [0.15, 0.2) is 54.6 Å². The number of piperidine rings is 2. The number of ether oxygens (including phenoxy) is 2. The van der Waals surface area contributed by atoms with Crippen LogP contribution in [0.4, 0.5) is 4.79 Å². The molecule has 2 aliphatic rings. The fourth-order valence-electron chi connectivity index (χ4n) is 5.52. The average molecular weight is 496 g/mol. The highest BCUT2D eigenvalue weighted by molar-refractivity contribution is 5.74. The van der Waals surface area contributed by atoms with Crippen LogP contribution in [0.3, 0.4) is 0 Å². The molecule has 2 amide bonds. The van der Waals surface area contributed by atoms with E-state index in [4.69, 9.17) is 9.47 Å². The highest BCUT2D eigenvalue weighted by Crippen LogP contribution is 2.44. The second-order valence-corrected chi connectivity index (χ2v) is 10.1. The lowest BCUT2D eigenvalue weighted by atomic mass is 9.73. The van der Waals surface area contributed by atoms with Crippen LogP contribution >= 0.6 is 0 Å². The monoisotopic (exact) mass is 495 g/mol. The van der Waals surface area contributed by atoms with E-state index in [0.717, 1.165) is 62.9 Å². The maximum atomic E-state index is 13.1. The summed E-state index contributed by atoms with van der Waals surface area (Å²) in [7, 11) is 1.70. The molecule has 0 aromatic heterocycles. The van der Waals surface area contributed by atoms with Gasteiger partial charge in [-0.3, -0.25) is 0 Å². The van der Waals surface area contributed by atoms with Crippen LogP contribution < -0.4 is 15.4 Å². The van der Waals surface area contributed by atoms with Crippen LogP contribution in [-0.2, 0) is 10.3 Å². The fraction of sp³-hybridized carbons (Fsp3) is 0.552. The van der Waals surface area contributed by atoms with Gasteiger partial charge in [0.15, 0.2) is 0 Å². The number of carbonyl (C=O) groups excluding carboxylic acids is 1. The van der Waals surface area contributed by atoms with Crippen molar-refractivity contribution in [2.24, 2.45) is 5.92 Å². The third-order valence-corrected chi connectivity index (χ3v) is 7.49. The van der Waals surface area contributed by atoms with E-state index in [9.17, 15) is 9.90 Å². The highest BCUT2D eigenvalue weighted by atomic mass is 16.5. The second kappa shape index (κ2) is 13.1. The molecule has 2 fully saturated rings. The van der Waals surface area contributed by atoms with Gasteiger partial charge in [-0.15, -0.1) is 0 Å². The van der Waals surface area contributed by atoms with Gasteiger partial charge in [-0.05, 0) is 69.7 Å². The Labute approximate surface area is 215 Å². The summed E-state index contributed by atoms with van der Waals surface area (Å²) in [6.07, 6.45) is 6.07. The Morgan fingerprint density at radius 3 is 2.69 bits per heavy atom. The van der Waals surface area contributed by atoms with E-state index in [-0.39, 0.29) is 18.0 Å². The Balaban J connectivity index is 1.55. The number of likely N-dealkylation sites (tertiary alicyclic amines) is 1. The Hall–Kier alpha value is -2.61. The van der Waals surface area contributed by atoms with E-state index in [0.29, 0.717) is 31.9 Å². The number of hydrogen-bond acceptors (Lipinski definition) is 5. The average Bonchev–Trinajstić information content (AvgIpc) is 2.92. The third-order valence-electron chi connectivity index (χ3n) is 7.49. The Morgan fingerprint density at radius 1 is 1.11 bits per heavy atom. The SMILES string of the molecule is COCCCC[C@@](O)(c1ccccc1Oc1ccccc1)[C@@H]1CCCN(C(=O)NC2CCCNC2)C1.